The highest BCUT2D eigenvalue weighted by Crippen LogP contribution is 1.98. The maximum absolute atomic E-state index is 11.1. The van der Waals surface area contributed by atoms with Gasteiger partial charge in [-0.25, -0.2) is 0 Å². The molecule has 3 N–H and O–H groups in total. The third-order valence-electron chi connectivity index (χ3n) is 2.38. The van der Waals surface area contributed by atoms with Crippen LogP contribution in [0.5, 0.6) is 0 Å². The molecule has 0 aromatic carbocycles. The predicted octanol–water partition coefficient (Wildman–Crippen LogP) is 0.101. The first-order valence-electron chi connectivity index (χ1n) is 6.37. The summed E-state index contributed by atoms with van der Waals surface area (Å²) in [4.78, 5) is 15.3. The molecule has 0 saturated heterocycles. The lowest BCUT2D eigenvalue weighted by Crippen LogP contribution is -2.45. The van der Waals surface area contributed by atoms with Crippen LogP contribution in [0.1, 0.15) is 26.7 Å². The minimum atomic E-state index is -0.183. The summed E-state index contributed by atoms with van der Waals surface area (Å²) >= 11 is 0. The number of ether oxygens (including phenoxy) is 1. The lowest BCUT2D eigenvalue weighted by Gasteiger charge is -2.20. The molecule has 0 spiro atoms. The predicted molar refractivity (Wildman–Crippen MR) is 73.7 cm³/mol. The fourth-order valence-electron chi connectivity index (χ4n) is 1.42. The van der Waals surface area contributed by atoms with Gasteiger partial charge in [0, 0.05) is 20.7 Å². The molecule has 0 bridgehead atoms. The molecular formula is C12H26N4O2. The molecule has 6 heteroatoms. The lowest BCUT2D eigenvalue weighted by molar-refractivity contribution is -0.113. The summed E-state index contributed by atoms with van der Waals surface area (Å²) in [6, 6.07) is 0. The topological polar surface area (TPSA) is 74.8 Å². The van der Waals surface area contributed by atoms with Crippen LogP contribution in [0.4, 0.5) is 0 Å². The molecule has 0 rings (SSSR count). The molecule has 1 amide bonds. The van der Waals surface area contributed by atoms with E-state index in [1.165, 1.54) is 6.21 Å². The zero-order valence-electron chi connectivity index (χ0n) is 11.8. The zero-order valence-corrected chi connectivity index (χ0v) is 11.8. The monoisotopic (exact) mass is 258 g/mol. The molecule has 0 heterocycles. The van der Waals surface area contributed by atoms with Crippen molar-refractivity contribution in [3.63, 3.8) is 0 Å². The SMILES string of the molecule is CCCC(/N=C/C(=O)NC)NC(C)NCCOC. The van der Waals surface area contributed by atoms with Gasteiger partial charge < -0.3 is 10.1 Å². The Balaban J connectivity index is 4.08. The van der Waals surface area contributed by atoms with E-state index in [2.05, 4.69) is 27.9 Å². The molecule has 0 fully saturated rings. The first kappa shape index (κ1) is 17.0. The van der Waals surface area contributed by atoms with Crippen molar-refractivity contribution in [2.24, 2.45) is 4.99 Å². The number of nitrogens with one attached hydrogen (secondary N) is 3. The summed E-state index contributed by atoms with van der Waals surface area (Å²) in [5.74, 6) is -0.183. The molecule has 6 nitrogen and oxygen atoms in total. The van der Waals surface area contributed by atoms with Gasteiger partial charge in [0.2, 0.25) is 0 Å². The van der Waals surface area contributed by atoms with E-state index in [0.29, 0.717) is 6.61 Å². The largest absolute Gasteiger partial charge is 0.383 e. The minimum Gasteiger partial charge on any atom is -0.383 e. The van der Waals surface area contributed by atoms with Crippen LogP contribution in [0.3, 0.4) is 0 Å². The number of hydrogen-bond acceptors (Lipinski definition) is 5. The van der Waals surface area contributed by atoms with Crippen LogP contribution in [-0.2, 0) is 9.53 Å². The summed E-state index contributed by atoms with van der Waals surface area (Å²) in [6.45, 7) is 5.56. The molecule has 0 aromatic heterocycles. The number of amides is 1. The Morgan fingerprint density at radius 2 is 2.22 bits per heavy atom. The standard InChI is InChI=1S/C12H26N4O2/c1-5-6-11(15-9-12(17)13-3)16-10(2)14-7-8-18-4/h9-11,14,16H,5-8H2,1-4H3,(H,13,17)/b15-9+. The smallest absolute Gasteiger partial charge is 0.261 e. The fraction of sp³-hybridized carbons (Fsp3) is 0.833. The van der Waals surface area contributed by atoms with Crippen LogP contribution >= 0.6 is 0 Å². The number of rotatable bonds is 10. The third kappa shape index (κ3) is 9.09. The van der Waals surface area contributed by atoms with Crippen molar-refractivity contribution < 1.29 is 9.53 Å². The molecule has 2 unspecified atom stereocenters. The molecule has 0 aromatic rings. The number of methoxy groups -OCH3 is 1. The molecule has 0 radical (unpaired) electrons. The lowest BCUT2D eigenvalue weighted by atomic mass is 10.2. The van der Waals surface area contributed by atoms with Crippen LogP contribution < -0.4 is 16.0 Å². The summed E-state index contributed by atoms with van der Waals surface area (Å²) in [6.07, 6.45) is 3.31. The summed E-state index contributed by atoms with van der Waals surface area (Å²) in [5.41, 5.74) is 0. The quantitative estimate of drug-likeness (QED) is 0.295. The van der Waals surface area contributed by atoms with Gasteiger partial charge >= 0.3 is 0 Å². The first-order valence-corrected chi connectivity index (χ1v) is 6.37. The van der Waals surface area contributed by atoms with Gasteiger partial charge in [-0.1, -0.05) is 13.3 Å². The Labute approximate surface area is 110 Å². The number of hydrogen-bond donors (Lipinski definition) is 3. The Bertz CT molecular complexity index is 246. The average Bonchev–Trinajstić information content (AvgIpc) is 2.36. The Hall–Kier alpha value is -0.980. The second-order valence-corrected chi connectivity index (χ2v) is 4.03. The summed E-state index contributed by atoms with van der Waals surface area (Å²) in [7, 11) is 3.26. The maximum Gasteiger partial charge on any atom is 0.261 e. The van der Waals surface area contributed by atoms with Crippen LogP contribution in [0.25, 0.3) is 0 Å². The van der Waals surface area contributed by atoms with E-state index < -0.39 is 0 Å². The number of carbonyl (C=O) groups is 1. The number of aliphatic imine (C=N–C) groups is 1. The van der Waals surface area contributed by atoms with Gasteiger partial charge in [0.25, 0.3) is 5.91 Å². The maximum atomic E-state index is 11.1. The third-order valence-corrected chi connectivity index (χ3v) is 2.38. The van der Waals surface area contributed by atoms with Gasteiger partial charge in [-0.3, -0.25) is 20.4 Å². The van der Waals surface area contributed by atoms with Crippen LogP contribution in [0.15, 0.2) is 4.99 Å². The first-order chi connectivity index (χ1) is 8.63. The highest BCUT2D eigenvalue weighted by molar-refractivity contribution is 6.26. The summed E-state index contributed by atoms with van der Waals surface area (Å²) in [5, 5.41) is 9.08. The van der Waals surface area contributed by atoms with Crippen molar-refractivity contribution in [2.45, 2.75) is 39.0 Å². The van der Waals surface area contributed by atoms with E-state index in [-0.39, 0.29) is 18.2 Å². The van der Waals surface area contributed by atoms with Gasteiger partial charge in [0.1, 0.15) is 6.17 Å². The zero-order chi connectivity index (χ0) is 13.8. The van der Waals surface area contributed by atoms with Gasteiger partial charge in [-0.2, -0.15) is 0 Å². The Morgan fingerprint density at radius 3 is 2.78 bits per heavy atom. The van der Waals surface area contributed by atoms with Crippen molar-refractivity contribution in [2.75, 3.05) is 27.3 Å². The van der Waals surface area contributed by atoms with Crippen LogP contribution in [0, 0.1) is 0 Å². The van der Waals surface area contributed by atoms with E-state index in [9.17, 15) is 4.79 Å². The molecular weight excluding hydrogens is 232 g/mol. The van der Waals surface area contributed by atoms with Crippen molar-refractivity contribution in [1.82, 2.24) is 16.0 Å². The van der Waals surface area contributed by atoms with Gasteiger partial charge in [-0.15, -0.1) is 0 Å². The molecule has 2 atom stereocenters. The second-order valence-electron chi connectivity index (χ2n) is 4.03. The van der Waals surface area contributed by atoms with Gasteiger partial charge in [0.15, 0.2) is 0 Å². The van der Waals surface area contributed by atoms with Gasteiger partial charge in [-0.05, 0) is 13.3 Å². The molecule has 0 aliphatic heterocycles. The Morgan fingerprint density at radius 1 is 1.50 bits per heavy atom. The van der Waals surface area contributed by atoms with Crippen LogP contribution in [-0.4, -0.2) is 51.8 Å². The van der Waals surface area contributed by atoms with E-state index in [1.807, 2.05) is 6.92 Å². The highest BCUT2D eigenvalue weighted by Gasteiger charge is 2.08. The van der Waals surface area contributed by atoms with E-state index in [0.717, 1.165) is 19.4 Å². The fourth-order valence-corrected chi connectivity index (χ4v) is 1.42. The van der Waals surface area contributed by atoms with Crippen molar-refractivity contribution >= 4 is 12.1 Å². The van der Waals surface area contributed by atoms with E-state index in [4.69, 9.17) is 4.74 Å². The van der Waals surface area contributed by atoms with Crippen molar-refractivity contribution in [1.29, 1.82) is 0 Å². The van der Waals surface area contributed by atoms with Crippen molar-refractivity contribution in [3.05, 3.63) is 0 Å². The minimum absolute atomic E-state index is 0.0441. The van der Waals surface area contributed by atoms with E-state index >= 15 is 0 Å². The Kier molecular flexibility index (Phi) is 10.5. The molecule has 0 aliphatic rings. The molecule has 106 valence electrons. The molecule has 0 saturated carbocycles. The average molecular weight is 258 g/mol. The normalized spacial score (nSPS) is 14.7. The second kappa shape index (κ2) is 11.1. The molecule has 0 aliphatic carbocycles. The van der Waals surface area contributed by atoms with Crippen molar-refractivity contribution in [3.8, 4) is 0 Å². The van der Waals surface area contributed by atoms with Gasteiger partial charge in [0.05, 0.1) is 19.0 Å². The van der Waals surface area contributed by atoms with E-state index in [1.54, 1.807) is 14.2 Å². The number of carbonyl (C=O) groups excluding carboxylic acids is 1. The van der Waals surface area contributed by atoms with Crippen LogP contribution in [0.2, 0.25) is 0 Å². The molecule has 18 heavy (non-hydrogen) atoms. The number of nitrogens with zero attached hydrogens (tertiary/aromatic N) is 1. The highest BCUT2D eigenvalue weighted by atomic mass is 16.5. The summed E-state index contributed by atoms with van der Waals surface area (Å²) < 4.78 is 4.97.